The number of hydrogen-bond acceptors (Lipinski definition) is 3. The highest BCUT2D eigenvalue weighted by Gasteiger charge is 2.19. The maximum absolute atomic E-state index is 5.57. The van der Waals surface area contributed by atoms with Gasteiger partial charge in [0.05, 0.1) is 11.7 Å². The minimum Gasteiger partial charge on any atom is -0.271 e. The first-order chi connectivity index (χ1) is 6.83. The largest absolute Gasteiger partial charge is 0.271 e. The van der Waals surface area contributed by atoms with E-state index in [1.165, 1.54) is 0 Å². The van der Waals surface area contributed by atoms with Gasteiger partial charge in [-0.05, 0) is 18.1 Å². The number of nitrogens with two attached hydrogens (primary N) is 1. The summed E-state index contributed by atoms with van der Waals surface area (Å²) in [7, 11) is 0. The van der Waals surface area contributed by atoms with E-state index in [0.717, 1.165) is 18.5 Å². The van der Waals surface area contributed by atoms with Crippen LogP contribution >= 0.6 is 0 Å². The molecule has 0 aliphatic heterocycles. The molecular formula is C11H19N3. The van der Waals surface area contributed by atoms with Crippen molar-refractivity contribution < 1.29 is 0 Å². The fourth-order valence-electron chi connectivity index (χ4n) is 1.78. The van der Waals surface area contributed by atoms with Crippen LogP contribution in [0, 0.1) is 5.92 Å². The molecule has 3 N–H and O–H groups in total. The van der Waals surface area contributed by atoms with Gasteiger partial charge in [0.1, 0.15) is 0 Å². The number of nitrogens with one attached hydrogen (secondary N) is 1. The summed E-state index contributed by atoms with van der Waals surface area (Å²) in [6.45, 7) is 4.36. The Morgan fingerprint density at radius 2 is 2.07 bits per heavy atom. The van der Waals surface area contributed by atoms with Gasteiger partial charge in [-0.2, -0.15) is 0 Å². The summed E-state index contributed by atoms with van der Waals surface area (Å²) in [6, 6.07) is 6.10. The van der Waals surface area contributed by atoms with E-state index in [1.807, 2.05) is 24.4 Å². The Labute approximate surface area is 85.7 Å². The second-order valence-corrected chi connectivity index (χ2v) is 3.48. The first-order valence-corrected chi connectivity index (χ1v) is 5.20. The summed E-state index contributed by atoms with van der Waals surface area (Å²) in [4.78, 5) is 4.32. The average Bonchev–Trinajstić information content (AvgIpc) is 2.27. The normalized spacial score (nSPS) is 13.1. The molecule has 14 heavy (non-hydrogen) atoms. The van der Waals surface area contributed by atoms with Gasteiger partial charge >= 0.3 is 0 Å². The highest BCUT2D eigenvalue weighted by atomic mass is 15.2. The Hall–Kier alpha value is -0.930. The van der Waals surface area contributed by atoms with Crippen molar-refractivity contribution in [2.45, 2.75) is 32.7 Å². The van der Waals surface area contributed by atoms with E-state index in [9.17, 15) is 0 Å². The van der Waals surface area contributed by atoms with Crippen molar-refractivity contribution in [3.8, 4) is 0 Å². The monoisotopic (exact) mass is 193 g/mol. The van der Waals surface area contributed by atoms with Gasteiger partial charge < -0.3 is 0 Å². The number of pyridine rings is 1. The molecule has 0 saturated carbocycles. The van der Waals surface area contributed by atoms with Crippen molar-refractivity contribution in [2.75, 3.05) is 0 Å². The van der Waals surface area contributed by atoms with Crippen LogP contribution in [0.2, 0.25) is 0 Å². The molecule has 1 aromatic rings. The Balaban J connectivity index is 2.81. The van der Waals surface area contributed by atoms with Crippen molar-refractivity contribution in [3.63, 3.8) is 0 Å². The van der Waals surface area contributed by atoms with Gasteiger partial charge in [0.15, 0.2) is 0 Å². The lowest BCUT2D eigenvalue weighted by atomic mass is 9.92. The molecule has 3 nitrogen and oxygen atoms in total. The summed E-state index contributed by atoms with van der Waals surface area (Å²) >= 11 is 0. The number of rotatable bonds is 5. The van der Waals surface area contributed by atoms with E-state index in [1.54, 1.807) is 0 Å². The maximum atomic E-state index is 5.57. The molecule has 0 fully saturated rings. The SMILES string of the molecule is CCC(CC)C(NN)c1ccccn1. The van der Waals surface area contributed by atoms with E-state index in [-0.39, 0.29) is 6.04 Å². The third kappa shape index (κ3) is 2.53. The molecule has 3 heteroatoms. The average molecular weight is 193 g/mol. The number of hydrogen-bond donors (Lipinski definition) is 2. The standard InChI is InChI=1S/C11H19N3/c1-3-9(4-2)11(14-12)10-7-5-6-8-13-10/h5-9,11,14H,3-4,12H2,1-2H3. The van der Waals surface area contributed by atoms with E-state index in [0.29, 0.717) is 5.92 Å². The van der Waals surface area contributed by atoms with Crippen LogP contribution in [-0.4, -0.2) is 4.98 Å². The lowest BCUT2D eigenvalue weighted by Gasteiger charge is -2.23. The Bertz CT molecular complexity index is 244. The molecule has 1 atom stereocenters. The van der Waals surface area contributed by atoms with Gasteiger partial charge in [-0.3, -0.25) is 16.3 Å². The van der Waals surface area contributed by atoms with Gasteiger partial charge in [-0.25, -0.2) is 0 Å². The Kier molecular flexibility index (Phi) is 4.56. The molecule has 0 aliphatic carbocycles. The van der Waals surface area contributed by atoms with Crippen molar-refractivity contribution in [2.24, 2.45) is 11.8 Å². The molecule has 0 amide bonds. The van der Waals surface area contributed by atoms with Crippen LogP contribution in [0.15, 0.2) is 24.4 Å². The molecular weight excluding hydrogens is 174 g/mol. The molecule has 78 valence electrons. The molecule has 1 aromatic heterocycles. The zero-order valence-electron chi connectivity index (χ0n) is 8.90. The fourth-order valence-corrected chi connectivity index (χ4v) is 1.78. The molecule has 0 spiro atoms. The molecule has 0 saturated heterocycles. The minimum absolute atomic E-state index is 0.172. The maximum Gasteiger partial charge on any atom is 0.0660 e. The lowest BCUT2D eigenvalue weighted by Crippen LogP contribution is -2.33. The van der Waals surface area contributed by atoms with Gasteiger partial charge in [0.25, 0.3) is 0 Å². The van der Waals surface area contributed by atoms with Gasteiger partial charge in [-0.1, -0.05) is 32.8 Å². The van der Waals surface area contributed by atoms with E-state index >= 15 is 0 Å². The molecule has 0 aliphatic rings. The number of nitrogens with zero attached hydrogens (tertiary/aromatic N) is 1. The van der Waals surface area contributed by atoms with Crippen LogP contribution in [0.25, 0.3) is 0 Å². The van der Waals surface area contributed by atoms with Crippen LogP contribution in [0.1, 0.15) is 38.4 Å². The van der Waals surface area contributed by atoms with Crippen LogP contribution in [0.3, 0.4) is 0 Å². The van der Waals surface area contributed by atoms with Crippen molar-refractivity contribution >= 4 is 0 Å². The molecule has 0 aromatic carbocycles. The van der Waals surface area contributed by atoms with Crippen LogP contribution < -0.4 is 11.3 Å². The van der Waals surface area contributed by atoms with Crippen LogP contribution in [0.4, 0.5) is 0 Å². The predicted octanol–water partition coefficient (Wildman–Crippen LogP) is 2.02. The summed E-state index contributed by atoms with van der Waals surface area (Å²) in [5.74, 6) is 6.12. The third-order valence-corrected chi connectivity index (χ3v) is 2.71. The second-order valence-electron chi connectivity index (χ2n) is 3.48. The Morgan fingerprint density at radius 3 is 2.50 bits per heavy atom. The Morgan fingerprint density at radius 1 is 1.36 bits per heavy atom. The summed E-state index contributed by atoms with van der Waals surface area (Å²) in [5, 5.41) is 0. The van der Waals surface area contributed by atoms with Gasteiger partial charge in [-0.15, -0.1) is 0 Å². The zero-order valence-corrected chi connectivity index (χ0v) is 8.90. The van der Waals surface area contributed by atoms with Crippen molar-refractivity contribution in [1.29, 1.82) is 0 Å². The zero-order chi connectivity index (χ0) is 10.4. The molecule has 0 bridgehead atoms. The highest BCUT2D eigenvalue weighted by Crippen LogP contribution is 2.24. The van der Waals surface area contributed by atoms with Gasteiger partial charge in [0.2, 0.25) is 0 Å². The van der Waals surface area contributed by atoms with Crippen molar-refractivity contribution in [3.05, 3.63) is 30.1 Å². The van der Waals surface area contributed by atoms with Crippen molar-refractivity contribution in [1.82, 2.24) is 10.4 Å². The third-order valence-electron chi connectivity index (χ3n) is 2.71. The first-order valence-electron chi connectivity index (χ1n) is 5.20. The topological polar surface area (TPSA) is 50.9 Å². The first kappa shape index (κ1) is 11.1. The van der Waals surface area contributed by atoms with E-state index in [2.05, 4.69) is 24.3 Å². The summed E-state index contributed by atoms with van der Waals surface area (Å²) < 4.78 is 0. The summed E-state index contributed by atoms with van der Waals surface area (Å²) in [6.07, 6.45) is 4.03. The van der Waals surface area contributed by atoms with E-state index < -0.39 is 0 Å². The van der Waals surface area contributed by atoms with Crippen LogP contribution in [-0.2, 0) is 0 Å². The fraction of sp³-hybridized carbons (Fsp3) is 0.545. The molecule has 0 radical (unpaired) electrons. The van der Waals surface area contributed by atoms with E-state index in [4.69, 9.17) is 5.84 Å². The van der Waals surface area contributed by atoms with Gasteiger partial charge in [0, 0.05) is 6.20 Å². The number of aromatic nitrogens is 1. The van der Waals surface area contributed by atoms with Crippen LogP contribution in [0.5, 0.6) is 0 Å². The number of hydrazine groups is 1. The minimum atomic E-state index is 0.172. The predicted molar refractivity (Wildman–Crippen MR) is 58.4 cm³/mol. The second kappa shape index (κ2) is 5.73. The molecule has 1 heterocycles. The summed E-state index contributed by atoms with van der Waals surface area (Å²) in [5.41, 5.74) is 3.89. The lowest BCUT2D eigenvalue weighted by molar-refractivity contribution is 0.339. The smallest absolute Gasteiger partial charge is 0.0660 e. The molecule has 1 unspecified atom stereocenters. The highest BCUT2D eigenvalue weighted by molar-refractivity contribution is 5.09. The quantitative estimate of drug-likeness (QED) is 0.555. The molecule has 1 rings (SSSR count).